The van der Waals surface area contributed by atoms with Crippen molar-refractivity contribution in [3.63, 3.8) is 0 Å². The fourth-order valence-corrected chi connectivity index (χ4v) is 4.24. The summed E-state index contributed by atoms with van der Waals surface area (Å²) >= 11 is 1.30. The van der Waals surface area contributed by atoms with Crippen molar-refractivity contribution in [2.45, 2.75) is 19.0 Å². The van der Waals surface area contributed by atoms with Crippen molar-refractivity contribution >= 4 is 23.4 Å². The number of ether oxygens (including phenoxy) is 2. The standard InChI is InChI=1S/C27H27N5O3S/c1-18-10-13-22(14-11-18)32-26(20-8-6-5-7-9-20)30-31-27(32)36-17-25(33)29-28-19(2)21-12-15-23(34-3)24(16-21)35-4/h5-16H,17H2,1-4H3,(H,29,33). The lowest BCUT2D eigenvalue weighted by molar-refractivity contribution is -0.118. The Kier molecular flexibility index (Phi) is 8.02. The molecule has 0 aliphatic carbocycles. The minimum absolute atomic E-state index is 0.126. The van der Waals surface area contributed by atoms with E-state index in [-0.39, 0.29) is 11.7 Å². The van der Waals surface area contributed by atoms with Crippen LogP contribution in [0.4, 0.5) is 0 Å². The molecular formula is C27H27N5O3S. The molecule has 0 saturated heterocycles. The number of methoxy groups -OCH3 is 2. The summed E-state index contributed by atoms with van der Waals surface area (Å²) in [6.45, 7) is 3.85. The molecule has 1 amide bonds. The van der Waals surface area contributed by atoms with Crippen molar-refractivity contribution in [2.24, 2.45) is 5.10 Å². The molecule has 0 radical (unpaired) electrons. The van der Waals surface area contributed by atoms with Crippen LogP contribution in [0.2, 0.25) is 0 Å². The van der Waals surface area contributed by atoms with Gasteiger partial charge in [-0.1, -0.05) is 59.8 Å². The molecular weight excluding hydrogens is 474 g/mol. The van der Waals surface area contributed by atoms with Crippen molar-refractivity contribution in [3.05, 3.63) is 83.9 Å². The van der Waals surface area contributed by atoms with Crippen LogP contribution in [0.5, 0.6) is 11.5 Å². The van der Waals surface area contributed by atoms with Gasteiger partial charge < -0.3 is 9.47 Å². The quantitative estimate of drug-likeness (QED) is 0.199. The van der Waals surface area contributed by atoms with Crippen LogP contribution in [0.3, 0.4) is 0 Å². The van der Waals surface area contributed by atoms with Gasteiger partial charge in [-0.15, -0.1) is 10.2 Å². The third-order valence-corrected chi connectivity index (χ3v) is 6.37. The van der Waals surface area contributed by atoms with E-state index in [0.717, 1.165) is 22.4 Å². The van der Waals surface area contributed by atoms with Crippen LogP contribution in [0.1, 0.15) is 18.1 Å². The summed E-state index contributed by atoms with van der Waals surface area (Å²) in [5.41, 5.74) is 7.10. The Balaban J connectivity index is 1.49. The maximum Gasteiger partial charge on any atom is 0.250 e. The second kappa shape index (κ2) is 11.5. The number of aromatic nitrogens is 3. The van der Waals surface area contributed by atoms with Crippen molar-refractivity contribution < 1.29 is 14.3 Å². The molecule has 9 heteroatoms. The Morgan fingerprint density at radius 3 is 2.39 bits per heavy atom. The van der Waals surface area contributed by atoms with E-state index in [1.54, 1.807) is 20.3 Å². The molecule has 0 bridgehead atoms. The first kappa shape index (κ1) is 25.0. The van der Waals surface area contributed by atoms with E-state index in [1.165, 1.54) is 11.8 Å². The average Bonchev–Trinajstić information content (AvgIpc) is 3.35. The molecule has 0 aliphatic heterocycles. The van der Waals surface area contributed by atoms with Gasteiger partial charge in [0, 0.05) is 16.8 Å². The molecule has 3 aromatic carbocycles. The first-order chi connectivity index (χ1) is 17.5. The van der Waals surface area contributed by atoms with E-state index < -0.39 is 0 Å². The van der Waals surface area contributed by atoms with Gasteiger partial charge in [-0.25, -0.2) is 5.43 Å². The van der Waals surface area contributed by atoms with Gasteiger partial charge in [0.25, 0.3) is 5.91 Å². The zero-order valence-corrected chi connectivity index (χ0v) is 21.4. The summed E-state index contributed by atoms with van der Waals surface area (Å²) in [6.07, 6.45) is 0. The maximum absolute atomic E-state index is 12.6. The molecule has 0 aliphatic rings. The van der Waals surface area contributed by atoms with Crippen molar-refractivity contribution in [3.8, 4) is 28.6 Å². The summed E-state index contributed by atoms with van der Waals surface area (Å²) in [4.78, 5) is 12.6. The molecule has 0 spiro atoms. The van der Waals surface area contributed by atoms with Gasteiger partial charge in [0.05, 0.1) is 25.7 Å². The Morgan fingerprint density at radius 2 is 1.69 bits per heavy atom. The number of carbonyl (C=O) groups excluding carboxylic acids is 1. The normalized spacial score (nSPS) is 11.3. The van der Waals surface area contributed by atoms with Crippen molar-refractivity contribution in [1.82, 2.24) is 20.2 Å². The minimum Gasteiger partial charge on any atom is -0.493 e. The van der Waals surface area contributed by atoms with Crippen LogP contribution in [0.25, 0.3) is 17.1 Å². The van der Waals surface area contributed by atoms with Gasteiger partial charge >= 0.3 is 0 Å². The largest absolute Gasteiger partial charge is 0.493 e. The first-order valence-electron chi connectivity index (χ1n) is 11.3. The van der Waals surface area contributed by atoms with Crippen LogP contribution in [0.15, 0.2) is 83.1 Å². The molecule has 1 heterocycles. The number of nitrogens with zero attached hydrogens (tertiary/aromatic N) is 4. The number of nitrogens with one attached hydrogen (secondary N) is 1. The van der Waals surface area contributed by atoms with E-state index in [0.29, 0.717) is 28.2 Å². The van der Waals surface area contributed by atoms with Crippen molar-refractivity contribution in [1.29, 1.82) is 0 Å². The predicted octanol–water partition coefficient (Wildman–Crippen LogP) is 4.89. The Hall–Kier alpha value is -4.11. The summed E-state index contributed by atoms with van der Waals surface area (Å²) in [5.74, 6) is 1.81. The number of benzene rings is 3. The highest BCUT2D eigenvalue weighted by Crippen LogP contribution is 2.29. The number of aryl methyl sites for hydroxylation is 1. The fraction of sp³-hybridized carbons (Fsp3) is 0.185. The molecule has 1 N–H and O–H groups in total. The number of rotatable bonds is 9. The van der Waals surface area contributed by atoms with Crippen LogP contribution in [0, 0.1) is 6.92 Å². The lowest BCUT2D eigenvalue weighted by atomic mass is 10.1. The zero-order chi connectivity index (χ0) is 25.5. The minimum atomic E-state index is -0.250. The van der Waals surface area contributed by atoms with E-state index in [1.807, 2.05) is 85.1 Å². The molecule has 36 heavy (non-hydrogen) atoms. The third-order valence-electron chi connectivity index (χ3n) is 5.44. The summed E-state index contributed by atoms with van der Waals surface area (Å²) < 4.78 is 12.6. The van der Waals surface area contributed by atoms with Gasteiger partial charge in [0.15, 0.2) is 22.5 Å². The highest BCUT2D eigenvalue weighted by Gasteiger charge is 2.17. The number of amides is 1. The number of thioether (sulfide) groups is 1. The molecule has 8 nitrogen and oxygen atoms in total. The summed E-state index contributed by atoms with van der Waals surface area (Å²) in [6, 6.07) is 23.4. The summed E-state index contributed by atoms with van der Waals surface area (Å²) in [7, 11) is 3.16. The second-order valence-corrected chi connectivity index (χ2v) is 8.88. The molecule has 0 fully saturated rings. The zero-order valence-electron chi connectivity index (χ0n) is 20.6. The number of hydrogen-bond acceptors (Lipinski definition) is 7. The molecule has 184 valence electrons. The van der Waals surface area contributed by atoms with Gasteiger partial charge in [0.2, 0.25) is 0 Å². The van der Waals surface area contributed by atoms with Gasteiger partial charge in [-0.3, -0.25) is 9.36 Å². The second-order valence-electron chi connectivity index (χ2n) is 7.93. The lowest BCUT2D eigenvalue weighted by Gasteiger charge is -2.11. The van der Waals surface area contributed by atoms with E-state index >= 15 is 0 Å². The number of carbonyl (C=O) groups is 1. The van der Waals surface area contributed by atoms with Gasteiger partial charge in [0.1, 0.15) is 0 Å². The maximum atomic E-state index is 12.6. The first-order valence-corrected chi connectivity index (χ1v) is 12.2. The van der Waals surface area contributed by atoms with E-state index in [2.05, 4.69) is 20.7 Å². The van der Waals surface area contributed by atoms with E-state index in [9.17, 15) is 4.79 Å². The topological polar surface area (TPSA) is 90.6 Å². The van der Waals surface area contributed by atoms with E-state index in [4.69, 9.17) is 9.47 Å². The van der Waals surface area contributed by atoms with Gasteiger partial charge in [-0.05, 0) is 44.2 Å². The highest BCUT2D eigenvalue weighted by atomic mass is 32.2. The number of hydrogen-bond donors (Lipinski definition) is 1. The Morgan fingerprint density at radius 1 is 0.972 bits per heavy atom. The highest BCUT2D eigenvalue weighted by molar-refractivity contribution is 7.99. The molecule has 4 rings (SSSR count). The predicted molar refractivity (Wildman–Crippen MR) is 142 cm³/mol. The Bertz CT molecular complexity index is 1370. The van der Waals surface area contributed by atoms with Gasteiger partial charge in [-0.2, -0.15) is 5.10 Å². The average molecular weight is 502 g/mol. The van der Waals surface area contributed by atoms with Crippen LogP contribution >= 0.6 is 11.8 Å². The summed E-state index contributed by atoms with van der Waals surface area (Å²) in [5, 5.41) is 13.7. The Labute approximate surface area is 214 Å². The van der Waals surface area contributed by atoms with Crippen LogP contribution in [-0.4, -0.2) is 46.4 Å². The monoisotopic (exact) mass is 501 g/mol. The number of hydrazone groups is 1. The molecule has 0 unspecified atom stereocenters. The van der Waals surface area contributed by atoms with Crippen LogP contribution < -0.4 is 14.9 Å². The molecule has 0 atom stereocenters. The smallest absolute Gasteiger partial charge is 0.250 e. The van der Waals surface area contributed by atoms with Crippen molar-refractivity contribution in [2.75, 3.05) is 20.0 Å². The third kappa shape index (κ3) is 5.75. The lowest BCUT2D eigenvalue weighted by Crippen LogP contribution is -2.21. The molecule has 1 aromatic heterocycles. The molecule has 4 aromatic rings. The molecule has 0 saturated carbocycles. The van der Waals surface area contributed by atoms with Crippen LogP contribution in [-0.2, 0) is 4.79 Å². The SMILES string of the molecule is COc1ccc(C(C)=NNC(=O)CSc2nnc(-c3ccccc3)n2-c2ccc(C)cc2)cc1OC. The fourth-order valence-electron chi connectivity index (χ4n) is 3.50.